The minimum absolute atomic E-state index is 0.125. The molecule has 0 spiro atoms. The monoisotopic (exact) mass is 610 g/mol. The Labute approximate surface area is 243 Å². The van der Waals surface area contributed by atoms with Gasteiger partial charge in [0.25, 0.3) is 0 Å². The van der Waals surface area contributed by atoms with Gasteiger partial charge in [-0.05, 0) is 26.7 Å². The highest BCUT2D eigenvalue weighted by Crippen LogP contribution is 2.31. The summed E-state index contributed by atoms with van der Waals surface area (Å²) in [6, 6.07) is -1.05. The van der Waals surface area contributed by atoms with Crippen LogP contribution in [0.25, 0.3) is 0 Å². The van der Waals surface area contributed by atoms with E-state index in [-0.39, 0.29) is 24.8 Å². The van der Waals surface area contributed by atoms with Crippen molar-refractivity contribution < 1.29 is 69.0 Å². The number of ether oxygens (including phenoxy) is 5. The van der Waals surface area contributed by atoms with E-state index in [1.165, 1.54) is 13.8 Å². The zero-order chi connectivity index (χ0) is 31.1. The molecule has 3 saturated heterocycles. The second-order valence-electron chi connectivity index (χ2n) is 11.1. The number of hydrogen-bond donors (Lipinski definition) is 9. The Kier molecular flexibility index (Phi) is 13.3. The van der Waals surface area contributed by atoms with Crippen LogP contribution in [-0.2, 0) is 33.3 Å². The first-order chi connectivity index (χ1) is 19.8. The Morgan fingerprint density at radius 1 is 0.810 bits per heavy atom. The largest absolute Gasteiger partial charge is 0.394 e. The predicted molar refractivity (Wildman–Crippen MR) is 140 cm³/mol. The van der Waals surface area contributed by atoms with Gasteiger partial charge in [0.1, 0.15) is 54.9 Å². The van der Waals surface area contributed by atoms with Crippen molar-refractivity contribution in [2.45, 2.75) is 132 Å². The standard InChI is InChI=1S/C26H46N2O14/c1-11-23(19(34)17(15(9-29)39-11)28-16(32)7-5-4-6-8-27-13(3)30)42-26-22(37)20(35)24(12(2)40-26)41-25-21(36)18(33)14(31)10-38-25/h11-12,14-15,17-26,29,31,33-37H,4-10H2,1-3H3,(H,27,30)(H,28,32)/t11-,12?,14+,15+,17-,18?,19?,20?,21?,22?,23?,24-,25-,26-/m0/s1. The van der Waals surface area contributed by atoms with E-state index >= 15 is 0 Å². The molecule has 9 N–H and O–H groups in total. The number of rotatable bonds is 12. The Morgan fingerprint density at radius 3 is 2.10 bits per heavy atom. The molecule has 16 nitrogen and oxygen atoms in total. The fourth-order valence-electron chi connectivity index (χ4n) is 5.29. The van der Waals surface area contributed by atoms with Crippen LogP contribution in [0.5, 0.6) is 0 Å². The van der Waals surface area contributed by atoms with Gasteiger partial charge in [-0.3, -0.25) is 9.59 Å². The van der Waals surface area contributed by atoms with Crippen LogP contribution in [0.3, 0.4) is 0 Å². The van der Waals surface area contributed by atoms with Gasteiger partial charge in [-0.1, -0.05) is 6.42 Å². The predicted octanol–water partition coefficient (Wildman–Crippen LogP) is -4.02. The van der Waals surface area contributed by atoms with Gasteiger partial charge >= 0.3 is 0 Å². The second kappa shape index (κ2) is 16.0. The molecule has 3 rings (SSSR count). The Morgan fingerprint density at radius 2 is 1.43 bits per heavy atom. The molecular formula is C26H46N2O14. The van der Waals surface area contributed by atoms with Crippen molar-refractivity contribution in [3.8, 4) is 0 Å². The van der Waals surface area contributed by atoms with E-state index in [0.29, 0.717) is 25.8 Å². The topological polar surface area (TPSA) is 246 Å². The molecule has 3 aliphatic heterocycles. The summed E-state index contributed by atoms with van der Waals surface area (Å²) in [5.41, 5.74) is 0. The van der Waals surface area contributed by atoms with Gasteiger partial charge in [0, 0.05) is 19.9 Å². The van der Waals surface area contributed by atoms with Gasteiger partial charge in [0.15, 0.2) is 12.6 Å². The normalized spacial score (nSPS) is 42.6. The number of carbonyl (C=O) groups excluding carboxylic acids is 2. The van der Waals surface area contributed by atoms with E-state index in [4.69, 9.17) is 23.7 Å². The van der Waals surface area contributed by atoms with Crippen LogP contribution in [0.2, 0.25) is 0 Å². The first-order valence-corrected chi connectivity index (χ1v) is 14.3. The molecule has 42 heavy (non-hydrogen) atoms. The van der Waals surface area contributed by atoms with Crippen molar-refractivity contribution in [2.75, 3.05) is 19.8 Å². The average molecular weight is 611 g/mol. The molecule has 3 heterocycles. The van der Waals surface area contributed by atoms with Gasteiger partial charge in [0.2, 0.25) is 11.8 Å². The molecule has 14 atom stereocenters. The van der Waals surface area contributed by atoms with Crippen molar-refractivity contribution >= 4 is 11.8 Å². The molecular weight excluding hydrogens is 564 g/mol. The molecule has 0 aromatic heterocycles. The molecule has 0 bridgehead atoms. The summed E-state index contributed by atoms with van der Waals surface area (Å²) in [6.45, 7) is 4.20. The summed E-state index contributed by atoms with van der Waals surface area (Å²) in [5.74, 6) is -0.504. The van der Waals surface area contributed by atoms with Crippen LogP contribution in [-0.4, -0.2) is 153 Å². The second-order valence-corrected chi connectivity index (χ2v) is 11.1. The van der Waals surface area contributed by atoms with E-state index in [1.54, 1.807) is 6.92 Å². The zero-order valence-electron chi connectivity index (χ0n) is 24.0. The van der Waals surface area contributed by atoms with Gasteiger partial charge in [-0.2, -0.15) is 0 Å². The van der Waals surface area contributed by atoms with E-state index < -0.39 is 92.4 Å². The lowest BCUT2D eigenvalue weighted by atomic mass is 9.92. The van der Waals surface area contributed by atoms with Gasteiger partial charge in [-0.15, -0.1) is 0 Å². The maximum Gasteiger partial charge on any atom is 0.220 e. The number of hydrogen-bond acceptors (Lipinski definition) is 14. The molecule has 3 fully saturated rings. The van der Waals surface area contributed by atoms with Crippen LogP contribution < -0.4 is 10.6 Å². The van der Waals surface area contributed by atoms with E-state index in [9.17, 15) is 45.3 Å². The number of amides is 2. The van der Waals surface area contributed by atoms with Gasteiger partial charge in [0.05, 0.1) is 31.5 Å². The number of nitrogens with one attached hydrogen (secondary N) is 2. The fraction of sp³-hybridized carbons (Fsp3) is 0.923. The van der Waals surface area contributed by atoms with Crippen LogP contribution in [0.1, 0.15) is 46.5 Å². The maximum atomic E-state index is 12.6. The smallest absolute Gasteiger partial charge is 0.220 e. The SMILES string of the molecule is CC(=O)NCCCCCC(=O)N[C@@H]1C(O)C(O[C@@H]2OC(C)[C@H](O[C@@H]3OC[C@@H](O)C(O)C3O)C(O)C2O)[C@H](C)O[C@@H]1CO. The minimum atomic E-state index is -1.69. The highest BCUT2D eigenvalue weighted by atomic mass is 16.7. The van der Waals surface area contributed by atoms with Crippen molar-refractivity contribution in [1.82, 2.24) is 10.6 Å². The number of aliphatic hydroxyl groups excluding tert-OH is 7. The fourth-order valence-corrected chi connectivity index (χ4v) is 5.29. The molecule has 0 aromatic carbocycles. The molecule has 0 aromatic rings. The molecule has 3 aliphatic rings. The van der Waals surface area contributed by atoms with Crippen molar-refractivity contribution in [1.29, 1.82) is 0 Å². The Bertz CT molecular complexity index is 869. The lowest BCUT2D eigenvalue weighted by molar-refractivity contribution is -0.358. The molecule has 0 aliphatic carbocycles. The molecule has 7 unspecified atom stereocenters. The van der Waals surface area contributed by atoms with Crippen molar-refractivity contribution in [3.63, 3.8) is 0 Å². The Hall–Kier alpha value is -1.54. The summed E-state index contributed by atoms with van der Waals surface area (Å²) in [5, 5.41) is 77.6. The summed E-state index contributed by atoms with van der Waals surface area (Å²) in [7, 11) is 0. The third kappa shape index (κ3) is 8.77. The maximum absolute atomic E-state index is 12.6. The molecule has 0 radical (unpaired) electrons. The number of aliphatic hydroxyl groups is 7. The van der Waals surface area contributed by atoms with Gasteiger partial charge < -0.3 is 70.1 Å². The van der Waals surface area contributed by atoms with E-state index in [0.717, 1.165) is 0 Å². The lowest BCUT2D eigenvalue weighted by Crippen LogP contribution is -2.67. The molecule has 2 amide bonds. The molecule has 0 saturated carbocycles. The van der Waals surface area contributed by atoms with E-state index in [1.807, 2.05) is 0 Å². The van der Waals surface area contributed by atoms with Crippen LogP contribution in [0.15, 0.2) is 0 Å². The van der Waals surface area contributed by atoms with Crippen molar-refractivity contribution in [2.24, 2.45) is 0 Å². The Balaban J connectivity index is 1.57. The highest BCUT2D eigenvalue weighted by molar-refractivity contribution is 5.76. The lowest BCUT2D eigenvalue weighted by Gasteiger charge is -2.48. The summed E-state index contributed by atoms with van der Waals surface area (Å²) in [6.07, 6.45) is -15.0. The molecule has 16 heteroatoms. The minimum Gasteiger partial charge on any atom is -0.394 e. The molecule has 244 valence electrons. The quantitative estimate of drug-likeness (QED) is 0.0956. The summed E-state index contributed by atoms with van der Waals surface area (Å²) >= 11 is 0. The van der Waals surface area contributed by atoms with Gasteiger partial charge in [-0.25, -0.2) is 0 Å². The van der Waals surface area contributed by atoms with Crippen LogP contribution in [0.4, 0.5) is 0 Å². The first-order valence-electron chi connectivity index (χ1n) is 14.3. The first kappa shape index (κ1) is 34.9. The third-order valence-electron chi connectivity index (χ3n) is 7.73. The van der Waals surface area contributed by atoms with Crippen LogP contribution >= 0.6 is 0 Å². The van der Waals surface area contributed by atoms with E-state index in [2.05, 4.69) is 10.6 Å². The highest BCUT2D eigenvalue weighted by Gasteiger charge is 2.51. The number of unbranched alkanes of at least 4 members (excludes halogenated alkanes) is 2. The van der Waals surface area contributed by atoms with Crippen LogP contribution in [0, 0.1) is 0 Å². The summed E-state index contributed by atoms with van der Waals surface area (Å²) in [4.78, 5) is 23.5. The number of carbonyl (C=O) groups is 2. The third-order valence-corrected chi connectivity index (χ3v) is 7.73. The summed E-state index contributed by atoms with van der Waals surface area (Å²) < 4.78 is 28.2. The van der Waals surface area contributed by atoms with Crippen molar-refractivity contribution in [3.05, 3.63) is 0 Å². The zero-order valence-corrected chi connectivity index (χ0v) is 24.0. The average Bonchev–Trinajstić information content (AvgIpc) is 2.94.